The van der Waals surface area contributed by atoms with Crippen LogP contribution in [-0.4, -0.2) is 18.8 Å². The largest absolute Gasteiger partial charge is 0.378 e. The lowest BCUT2D eigenvalue weighted by atomic mass is 9.81. The molecule has 0 aromatic carbocycles. The molecule has 0 radical (unpaired) electrons. The Balaban J connectivity index is 1.78. The van der Waals surface area contributed by atoms with Crippen molar-refractivity contribution in [1.82, 2.24) is 5.43 Å². The monoisotopic (exact) mass is 226 g/mol. The lowest BCUT2D eigenvalue weighted by Crippen LogP contribution is -2.44. The number of rotatable bonds is 4. The summed E-state index contributed by atoms with van der Waals surface area (Å²) in [6.07, 6.45) is 12.2. The van der Waals surface area contributed by atoms with Crippen molar-refractivity contribution >= 4 is 0 Å². The van der Waals surface area contributed by atoms with Crippen molar-refractivity contribution in [2.24, 2.45) is 11.8 Å². The third-order valence-corrected chi connectivity index (χ3v) is 4.22. The number of hydrogen-bond donors (Lipinski definition) is 2. The Kier molecular flexibility index (Phi) is 5.07. The first-order chi connectivity index (χ1) is 7.90. The van der Waals surface area contributed by atoms with Gasteiger partial charge in [-0.15, -0.1) is 0 Å². The van der Waals surface area contributed by atoms with Crippen molar-refractivity contribution < 1.29 is 4.74 Å². The van der Waals surface area contributed by atoms with Crippen molar-refractivity contribution in [1.29, 1.82) is 0 Å². The fourth-order valence-electron chi connectivity index (χ4n) is 3.21. The summed E-state index contributed by atoms with van der Waals surface area (Å²) in [4.78, 5) is 0. The first-order valence-corrected chi connectivity index (χ1v) is 6.98. The van der Waals surface area contributed by atoms with Crippen LogP contribution in [0.3, 0.4) is 0 Å². The Labute approximate surface area is 99.1 Å². The molecule has 1 aliphatic heterocycles. The van der Waals surface area contributed by atoms with Gasteiger partial charge in [-0.3, -0.25) is 11.3 Å². The summed E-state index contributed by atoms with van der Waals surface area (Å²) >= 11 is 0. The van der Waals surface area contributed by atoms with Gasteiger partial charge in [0.2, 0.25) is 0 Å². The summed E-state index contributed by atoms with van der Waals surface area (Å²) in [5, 5.41) is 0. The first kappa shape index (κ1) is 12.3. The van der Waals surface area contributed by atoms with Gasteiger partial charge in [0.1, 0.15) is 0 Å². The average molecular weight is 226 g/mol. The van der Waals surface area contributed by atoms with E-state index in [0.717, 1.165) is 18.9 Å². The van der Waals surface area contributed by atoms with Gasteiger partial charge in [-0.25, -0.2) is 0 Å². The molecule has 0 spiro atoms. The predicted octanol–water partition coefficient (Wildman–Crippen LogP) is 2.36. The molecule has 2 atom stereocenters. The SMILES string of the molecule is NNC(CC1CCCCO1)C1CCCCC1. The number of ether oxygens (including phenoxy) is 1. The lowest BCUT2D eigenvalue weighted by molar-refractivity contribution is -0.000431. The van der Waals surface area contributed by atoms with Gasteiger partial charge in [0.25, 0.3) is 0 Å². The second kappa shape index (κ2) is 6.58. The van der Waals surface area contributed by atoms with E-state index in [0.29, 0.717) is 12.1 Å². The number of nitrogens with one attached hydrogen (secondary N) is 1. The van der Waals surface area contributed by atoms with Gasteiger partial charge in [0.15, 0.2) is 0 Å². The van der Waals surface area contributed by atoms with E-state index in [2.05, 4.69) is 5.43 Å². The van der Waals surface area contributed by atoms with Crippen LogP contribution in [0.15, 0.2) is 0 Å². The maximum absolute atomic E-state index is 5.81. The molecule has 3 N–H and O–H groups in total. The van der Waals surface area contributed by atoms with E-state index < -0.39 is 0 Å². The van der Waals surface area contributed by atoms with Gasteiger partial charge >= 0.3 is 0 Å². The molecule has 3 heteroatoms. The Morgan fingerprint density at radius 2 is 1.81 bits per heavy atom. The number of hydrazine groups is 1. The van der Waals surface area contributed by atoms with E-state index in [1.807, 2.05) is 0 Å². The van der Waals surface area contributed by atoms with Crippen LogP contribution in [0.4, 0.5) is 0 Å². The second-order valence-electron chi connectivity index (χ2n) is 5.40. The molecule has 2 unspecified atom stereocenters. The number of hydrogen-bond acceptors (Lipinski definition) is 3. The van der Waals surface area contributed by atoms with Crippen molar-refractivity contribution in [3.05, 3.63) is 0 Å². The molecule has 94 valence electrons. The van der Waals surface area contributed by atoms with Gasteiger partial charge in [0.05, 0.1) is 6.10 Å². The molecule has 0 amide bonds. The maximum atomic E-state index is 5.81. The topological polar surface area (TPSA) is 47.3 Å². The molecule has 1 saturated carbocycles. The Morgan fingerprint density at radius 1 is 1.06 bits per heavy atom. The molecule has 1 saturated heterocycles. The van der Waals surface area contributed by atoms with Crippen LogP contribution in [0, 0.1) is 5.92 Å². The highest BCUT2D eigenvalue weighted by Gasteiger charge is 2.26. The normalized spacial score (nSPS) is 30.2. The molecule has 2 aliphatic rings. The van der Waals surface area contributed by atoms with Crippen LogP contribution in [0.25, 0.3) is 0 Å². The second-order valence-corrected chi connectivity index (χ2v) is 5.40. The quantitative estimate of drug-likeness (QED) is 0.571. The minimum Gasteiger partial charge on any atom is -0.378 e. The fraction of sp³-hybridized carbons (Fsp3) is 1.00. The Morgan fingerprint density at radius 3 is 2.44 bits per heavy atom. The summed E-state index contributed by atoms with van der Waals surface area (Å²) in [6, 6.07) is 0.475. The molecule has 3 nitrogen and oxygen atoms in total. The van der Waals surface area contributed by atoms with Crippen LogP contribution >= 0.6 is 0 Å². The Hall–Kier alpha value is -0.120. The molecule has 0 aromatic rings. The van der Waals surface area contributed by atoms with Gasteiger partial charge in [-0.2, -0.15) is 0 Å². The van der Waals surface area contributed by atoms with Gasteiger partial charge in [-0.05, 0) is 44.4 Å². The van der Waals surface area contributed by atoms with Crippen molar-refractivity contribution in [3.8, 4) is 0 Å². The summed E-state index contributed by atoms with van der Waals surface area (Å²) < 4.78 is 5.81. The van der Waals surface area contributed by atoms with Crippen LogP contribution < -0.4 is 11.3 Å². The predicted molar refractivity (Wildman–Crippen MR) is 65.9 cm³/mol. The highest BCUT2D eigenvalue weighted by atomic mass is 16.5. The van der Waals surface area contributed by atoms with Crippen LogP contribution in [0.5, 0.6) is 0 Å². The number of nitrogens with two attached hydrogens (primary N) is 1. The molecule has 1 aliphatic carbocycles. The first-order valence-electron chi connectivity index (χ1n) is 6.98. The standard InChI is InChI=1S/C13H26N2O/c14-15-13(11-6-2-1-3-7-11)10-12-8-4-5-9-16-12/h11-13,15H,1-10,14H2. The highest BCUT2D eigenvalue weighted by molar-refractivity contribution is 4.81. The lowest BCUT2D eigenvalue weighted by Gasteiger charge is -2.33. The zero-order valence-corrected chi connectivity index (χ0v) is 10.3. The van der Waals surface area contributed by atoms with Gasteiger partial charge in [-0.1, -0.05) is 19.3 Å². The third kappa shape index (κ3) is 3.44. The third-order valence-electron chi connectivity index (χ3n) is 4.22. The van der Waals surface area contributed by atoms with E-state index in [4.69, 9.17) is 10.6 Å². The van der Waals surface area contributed by atoms with Gasteiger partial charge < -0.3 is 4.74 Å². The molecular formula is C13H26N2O. The zero-order chi connectivity index (χ0) is 11.2. The highest BCUT2D eigenvalue weighted by Crippen LogP contribution is 2.29. The minimum absolute atomic E-state index is 0.455. The summed E-state index contributed by atoms with van der Waals surface area (Å²) in [5.74, 6) is 6.50. The zero-order valence-electron chi connectivity index (χ0n) is 10.3. The van der Waals surface area contributed by atoms with Crippen molar-refractivity contribution in [2.75, 3.05) is 6.61 Å². The minimum atomic E-state index is 0.455. The van der Waals surface area contributed by atoms with E-state index >= 15 is 0 Å². The van der Waals surface area contributed by atoms with Crippen LogP contribution in [0.1, 0.15) is 57.8 Å². The molecule has 2 rings (SSSR count). The van der Waals surface area contributed by atoms with E-state index in [-0.39, 0.29) is 0 Å². The van der Waals surface area contributed by atoms with E-state index in [1.54, 1.807) is 0 Å². The van der Waals surface area contributed by atoms with E-state index in [1.165, 1.54) is 51.4 Å². The molecule has 16 heavy (non-hydrogen) atoms. The summed E-state index contributed by atoms with van der Waals surface area (Å²) in [5.41, 5.74) is 3.04. The molecule has 0 aromatic heterocycles. The fourth-order valence-corrected chi connectivity index (χ4v) is 3.21. The molecule has 0 bridgehead atoms. The maximum Gasteiger partial charge on any atom is 0.0590 e. The Bertz CT molecular complexity index is 186. The van der Waals surface area contributed by atoms with Gasteiger partial charge in [0, 0.05) is 12.6 Å². The molecular weight excluding hydrogens is 200 g/mol. The summed E-state index contributed by atoms with van der Waals surface area (Å²) in [7, 11) is 0. The average Bonchev–Trinajstić information content (AvgIpc) is 2.38. The van der Waals surface area contributed by atoms with Crippen molar-refractivity contribution in [3.63, 3.8) is 0 Å². The van der Waals surface area contributed by atoms with E-state index in [9.17, 15) is 0 Å². The molecule has 2 fully saturated rings. The smallest absolute Gasteiger partial charge is 0.0590 e. The van der Waals surface area contributed by atoms with Crippen LogP contribution in [-0.2, 0) is 4.74 Å². The van der Waals surface area contributed by atoms with Crippen LogP contribution in [0.2, 0.25) is 0 Å². The summed E-state index contributed by atoms with van der Waals surface area (Å²) in [6.45, 7) is 0.951. The van der Waals surface area contributed by atoms with Crippen molar-refractivity contribution in [2.45, 2.75) is 69.9 Å². The molecule has 1 heterocycles.